The Kier molecular flexibility index (Phi) is 11.7. The van der Waals surface area contributed by atoms with Gasteiger partial charge in [0.1, 0.15) is 6.04 Å². The van der Waals surface area contributed by atoms with Crippen LogP contribution in [0.2, 0.25) is 5.02 Å². The van der Waals surface area contributed by atoms with E-state index < -0.39 is 16.1 Å². The van der Waals surface area contributed by atoms with E-state index in [0.717, 1.165) is 48.8 Å². The lowest BCUT2D eigenvalue weighted by Gasteiger charge is -2.33. The number of amides is 2. The Hall–Kier alpha value is -3.36. The van der Waals surface area contributed by atoms with E-state index in [0.29, 0.717) is 23.6 Å². The lowest BCUT2D eigenvalue weighted by atomic mass is 10.0. The van der Waals surface area contributed by atoms with E-state index in [4.69, 9.17) is 11.6 Å². The quantitative estimate of drug-likeness (QED) is 0.233. The van der Waals surface area contributed by atoms with Crippen molar-refractivity contribution < 1.29 is 18.0 Å². The number of rotatable bonds is 14. The van der Waals surface area contributed by atoms with Crippen LogP contribution in [0.3, 0.4) is 0 Å². The van der Waals surface area contributed by atoms with Crippen molar-refractivity contribution in [2.75, 3.05) is 17.1 Å². The third-order valence-electron chi connectivity index (χ3n) is 8.06. The second kappa shape index (κ2) is 15.4. The van der Waals surface area contributed by atoms with Gasteiger partial charge in [-0.2, -0.15) is 0 Å². The van der Waals surface area contributed by atoms with Crippen LogP contribution in [0.4, 0.5) is 5.69 Å². The summed E-state index contributed by atoms with van der Waals surface area (Å²) in [5, 5.41) is 3.73. The van der Waals surface area contributed by atoms with E-state index in [1.54, 1.807) is 23.1 Å². The molecule has 4 rings (SSSR count). The molecule has 0 radical (unpaired) electrons. The molecular formula is C34H42ClN3O4S. The minimum atomic E-state index is -3.57. The SMILES string of the molecule is CCc1ccc(N(CCCC(=O)N(Cc2ccccc2Cl)[C@@H](Cc2ccccc2)C(=O)NC2CCCC2)S(C)(=O)=O)cc1. The van der Waals surface area contributed by atoms with Gasteiger partial charge in [-0.15, -0.1) is 0 Å². The van der Waals surface area contributed by atoms with Gasteiger partial charge in [0.05, 0.1) is 11.9 Å². The molecule has 7 nitrogen and oxygen atoms in total. The van der Waals surface area contributed by atoms with Crippen molar-refractivity contribution in [2.24, 2.45) is 0 Å². The molecule has 43 heavy (non-hydrogen) atoms. The van der Waals surface area contributed by atoms with Gasteiger partial charge in [0, 0.05) is 37.0 Å². The number of carbonyl (C=O) groups excluding carboxylic acids is 2. The number of nitrogens with zero attached hydrogens (tertiary/aromatic N) is 2. The molecule has 9 heteroatoms. The highest BCUT2D eigenvalue weighted by Crippen LogP contribution is 2.24. The zero-order valence-electron chi connectivity index (χ0n) is 25.0. The van der Waals surface area contributed by atoms with Gasteiger partial charge < -0.3 is 10.2 Å². The highest BCUT2D eigenvalue weighted by Gasteiger charge is 2.32. The fourth-order valence-corrected chi connectivity index (χ4v) is 6.79. The summed E-state index contributed by atoms with van der Waals surface area (Å²) in [4.78, 5) is 29.5. The first-order chi connectivity index (χ1) is 20.7. The van der Waals surface area contributed by atoms with E-state index in [1.165, 1.54) is 10.6 Å². The largest absolute Gasteiger partial charge is 0.352 e. The number of sulfonamides is 1. The zero-order valence-corrected chi connectivity index (χ0v) is 26.6. The molecule has 0 aliphatic heterocycles. The predicted molar refractivity (Wildman–Crippen MR) is 174 cm³/mol. The molecule has 230 valence electrons. The second-order valence-corrected chi connectivity index (χ2v) is 13.6. The number of hydrogen-bond donors (Lipinski definition) is 1. The first-order valence-electron chi connectivity index (χ1n) is 15.1. The van der Waals surface area contributed by atoms with E-state index in [2.05, 4.69) is 5.32 Å². The average Bonchev–Trinajstić information content (AvgIpc) is 3.51. The van der Waals surface area contributed by atoms with Crippen LogP contribution >= 0.6 is 11.6 Å². The zero-order chi connectivity index (χ0) is 30.8. The Morgan fingerprint density at radius 1 is 0.930 bits per heavy atom. The summed E-state index contributed by atoms with van der Waals surface area (Å²) in [6.07, 6.45) is 6.78. The molecule has 0 bridgehead atoms. The predicted octanol–water partition coefficient (Wildman–Crippen LogP) is 6.15. The molecule has 0 aromatic heterocycles. The van der Waals surface area contributed by atoms with Crippen LogP contribution in [0.5, 0.6) is 0 Å². The number of nitrogens with one attached hydrogen (secondary N) is 1. The summed E-state index contributed by atoms with van der Waals surface area (Å²) in [5.41, 5.74) is 3.38. The van der Waals surface area contributed by atoms with E-state index in [1.807, 2.05) is 67.6 Å². The van der Waals surface area contributed by atoms with Gasteiger partial charge in [0.2, 0.25) is 21.8 Å². The summed E-state index contributed by atoms with van der Waals surface area (Å²) in [5.74, 6) is -0.401. The second-order valence-electron chi connectivity index (χ2n) is 11.3. The van der Waals surface area contributed by atoms with Crippen molar-refractivity contribution in [3.63, 3.8) is 0 Å². The standard InChI is InChI=1S/C34H42ClN3O4S/c1-3-26-19-21-30(22-20-26)38(43(2,41)42)23-11-18-33(39)37(25-28-14-7-10-17-31(28)35)32(24-27-12-5-4-6-13-27)34(40)36-29-15-8-9-16-29/h4-7,10,12-14,17,19-22,29,32H,3,8-9,11,15-16,18,23-25H2,1-2H3,(H,36,40)/t32-/m0/s1. The number of carbonyl (C=O) groups is 2. The van der Waals surface area contributed by atoms with Crippen LogP contribution in [-0.4, -0.2) is 50.0 Å². The van der Waals surface area contributed by atoms with Crippen LogP contribution in [0.25, 0.3) is 0 Å². The van der Waals surface area contributed by atoms with Gasteiger partial charge in [-0.3, -0.25) is 13.9 Å². The number of benzene rings is 3. The van der Waals surface area contributed by atoms with Gasteiger partial charge >= 0.3 is 0 Å². The third-order valence-corrected chi connectivity index (χ3v) is 9.62. The Bertz CT molecular complexity index is 1460. The van der Waals surface area contributed by atoms with E-state index >= 15 is 0 Å². The Morgan fingerprint density at radius 2 is 1.58 bits per heavy atom. The Morgan fingerprint density at radius 3 is 2.21 bits per heavy atom. The van der Waals surface area contributed by atoms with Crippen molar-refractivity contribution in [3.8, 4) is 0 Å². The molecule has 1 aliphatic carbocycles. The molecular weight excluding hydrogens is 582 g/mol. The van der Waals surface area contributed by atoms with E-state index in [-0.39, 0.29) is 37.4 Å². The van der Waals surface area contributed by atoms with Crippen LogP contribution in [0.15, 0.2) is 78.9 Å². The number of anilines is 1. The smallest absolute Gasteiger partial charge is 0.243 e. The van der Waals surface area contributed by atoms with Gasteiger partial charge in [0.25, 0.3) is 0 Å². The maximum Gasteiger partial charge on any atom is 0.243 e. The average molecular weight is 624 g/mol. The summed E-state index contributed by atoms with van der Waals surface area (Å²) < 4.78 is 26.7. The summed E-state index contributed by atoms with van der Waals surface area (Å²) in [6, 6.07) is 23.8. The van der Waals surface area contributed by atoms with Crippen LogP contribution in [0.1, 0.15) is 62.1 Å². The molecule has 1 saturated carbocycles. The van der Waals surface area contributed by atoms with E-state index in [9.17, 15) is 18.0 Å². The molecule has 0 heterocycles. The van der Waals surface area contributed by atoms with Crippen molar-refractivity contribution in [1.29, 1.82) is 0 Å². The molecule has 2 amide bonds. The highest BCUT2D eigenvalue weighted by molar-refractivity contribution is 7.92. The molecule has 0 saturated heterocycles. The maximum atomic E-state index is 14.0. The molecule has 1 N–H and O–H groups in total. The third kappa shape index (κ3) is 9.31. The van der Waals surface area contributed by atoms with Gasteiger partial charge in [-0.1, -0.05) is 92.0 Å². The van der Waals surface area contributed by atoms with Gasteiger partial charge in [-0.25, -0.2) is 8.42 Å². The number of halogens is 1. The van der Waals surface area contributed by atoms with Crippen molar-refractivity contribution in [1.82, 2.24) is 10.2 Å². The van der Waals surface area contributed by atoms with Crippen molar-refractivity contribution in [2.45, 2.75) is 76.9 Å². The van der Waals surface area contributed by atoms with Crippen LogP contribution < -0.4 is 9.62 Å². The lowest BCUT2D eigenvalue weighted by Crippen LogP contribution is -2.52. The van der Waals surface area contributed by atoms with Crippen molar-refractivity contribution in [3.05, 3.63) is 101 Å². The molecule has 0 unspecified atom stereocenters. The Balaban J connectivity index is 1.58. The number of aryl methyl sites for hydroxylation is 1. The van der Waals surface area contributed by atoms with Crippen LogP contribution in [-0.2, 0) is 39.0 Å². The Labute approximate surface area is 261 Å². The molecule has 0 spiro atoms. The fraction of sp³-hybridized carbons (Fsp3) is 0.412. The monoisotopic (exact) mass is 623 g/mol. The van der Waals surface area contributed by atoms with Gasteiger partial charge in [-0.05, 0) is 60.6 Å². The summed E-state index contributed by atoms with van der Waals surface area (Å²) in [6.45, 7) is 2.36. The first kappa shape index (κ1) is 32.6. The minimum absolute atomic E-state index is 0.0749. The minimum Gasteiger partial charge on any atom is -0.352 e. The van der Waals surface area contributed by atoms with Crippen LogP contribution in [0, 0.1) is 0 Å². The molecule has 1 aliphatic rings. The lowest BCUT2D eigenvalue weighted by molar-refractivity contribution is -0.141. The summed E-state index contributed by atoms with van der Waals surface area (Å²) >= 11 is 6.53. The van der Waals surface area contributed by atoms with Crippen molar-refractivity contribution >= 4 is 39.1 Å². The molecule has 3 aromatic rings. The topological polar surface area (TPSA) is 86.8 Å². The van der Waals surface area contributed by atoms with Gasteiger partial charge in [0.15, 0.2) is 0 Å². The maximum absolute atomic E-state index is 14.0. The fourth-order valence-electron chi connectivity index (χ4n) is 5.63. The summed E-state index contributed by atoms with van der Waals surface area (Å²) in [7, 11) is -3.57. The number of hydrogen-bond acceptors (Lipinski definition) is 4. The molecule has 1 atom stereocenters. The first-order valence-corrected chi connectivity index (χ1v) is 17.3. The molecule has 3 aromatic carbocycles. The normalized spacial score (nSPS) is 14.3. The highest BCUT2D eigenvalue weighted by atomic mass is 35.5. The molecule has 1 fully saturated rings.